The number of ether oxygens (including phenoxy) is 1. The van der Waals surface area contributed by atoms with Gasteiger partial charge in [0.1, 0.15) is 23.5 Å². The molecule has 0 radical (unpaired) electrons. The molecule has 1 fully saturated rings. The second kappa shape index (κ2) is 10.7. The number of hydrogen-bond donors (Lipinski definition) is 3. The lowest BCUT2D eigenvalue weighted by Gasteiger charge is -2.32. The molecule has 4 rings (SSSR count). The summed E-state index contributed by atoms with van der Waals surface area (Å²) < 4.78 is 44.2. The minimum atomic E-state index is -4.54. The fourth-order valence-electron chi connectivity index (χ4n) is 4.61. The van der Waals surface area contributed by atoms with Crippen molar-refractivity contribution in [2.24, 2.45) is 17.6 Å². The summed E-state index contributed by atoms with van der Waals surface area (Å²) in [6.07, 6.45) is 4.13. The fourth-order valence-corrected chi connectivity index (χ4v) is 4.61. The highest BCUT2D eigenvalue weighted by atomic mass is 19.4. The molecule has 0 bridgehead atoms. The number of aromatic amines is 1. The number of rotatable bonds is 8. The van der Waals surface area contributed by atoms with Crippen LogP contribution in [0.5, 0.6) is 5.75 Å². The molecule has 4 N–H and O–H groups in total. The first-order valence-electron chi connectivity index (χ1n) is 12.4. The third kappa shape index (κ3) is 6.04. The summed E-state index contributed by atoms with van der Waals surface area (Å²) in [6.45, 7) is 4.65. The third-order valence-corrected chi connectivity index (χ3v) is 7.09. The van der Waals surface area contributed by atoms with Gasteiger partial charge in [-0.3, -0.25) is 9.78 Å². The number of halogens is 3. The topological polar surface area (TPSA) is 109 Å². The van der Waals surface area contributed by atoms with Crippen molar-refractivity contribution in [1.29, 1.82) is 0 Å². The Labute approximate surface area is 213 Å². The average Bonchev–Trinajstić information content (AvgIpc) is 3.29. The molecular weight excluding hydrogens is 485 g/mol. The van der Waals surface area contributed by atoms with Gasteiger partial charge >= 0.3 is 6.18 Å². The molecule has 3 aromatic rings. The first kappa shape index (κ1) is 26.9. The first-order valence-corrected chi connectivity index (χ1v) is 12.4. The van der Waals surface area contributed by atoms with Crippen LogP contribution in [0.1, 0.15) is 32.3 Å². The number of carbonyl (C=O) groups excluding carboxylic acids is 1. The molecule has 0 aliphatic carbocycles. The lowest BCUT2D eigenvalue weighted by atomic mass is 9.80. The molecule has 0 spiro atoms. The van der Waals surface area contributed by atoms with E-state index in [9.17, 15) is 18.0 Å². The van der Waals surface area contributed by atoms with Gasteiger partial charge in [-0.25, -0.2) is 4.98 Å². The van der Waals surface area contributed by atoms with E-state index in [0.29, 0.717) is 35.0 Å². The van der Waals surface area contributed by atoms with Gasteiger partial charge in [0.25, 0.3) is 0 Å². The number of amides is 1. The highest BCUT2D eigenvalue weighted by Gasteiger charge is 2.41. The van der Waals surface area contributed by atoms with Gasteiger partial charge in [0.2, 0.25) is 5.91 Å². The van der Waals surface area contributed by atoms with Crippen molar-refractivity contribution in [3.05, 3.63) is 42.5 Å². The van der Waals surface area contributed by atoms with Gasteiger partial charge in [-0.1, -0.05) is 13.8 Å². The number of nitrogens with two attached hydrogens (primary N) is 1. The van der Waals surface area contributed by atoms with E-state index in [2.05, 4.69) is 26.9 Å². The summed E-state index contributed by atoms with van der Waals surface area (Å²) in [6, 6.07) is 3.60. The van der Waals surface area contributed by atoms with E-state index in [1.165, 1.54) is 6.20 Å². The Balaban J connectivity index is 1.59. The van der Waals surface area contributed by atoms with Crippen LogP contribution in [-0.4, -0.2) is 65.2 Å². The van der Waals surface area contributed by atoms with Crippen LogP contribution in [-0.2, 0) is 10.3 Å². The number of fused-ring (bicyclic) bond motifs is 1. The van der Waals surface area contributed by atoms with Gasteiger partial charge in [-0.05, 0) is 56.9 Å². The van der Waals surface area contributed by atoms with Gasteiger partial charge in [0.05, 0.1) is 12.8 Å². The smallest absolute Gasteiger partial charge is 0.405 e. The quantitative estimate of drug-likeness (QED) is 0.418. The lowest BCUT2D eigenvalue weighted by molar-refractivity contribution is -0.143. The van der Waals surface area contributed by atoms with Crippen molar-refractivity contribution in [1.82, 2.24) is 25.2 Å². The van der Waals surface area contributed by atoms with Gasteiger partial charge < -0.3 is 25.7 Å². The monoisotopic (exact) mass is 518 g/mol. The van der Waals surface area contributed by atoms with Crippen molar-refractivity contribution >= 4 is 16.9 Å². The average molecular weight is 519 g/mol. The number of alkyl halides is 3. The number of nitrogens with one attached hydrogen (secondary N) is 2. The van der Waals surface area contributed by atoms with E-state index in [0.717, 1.165) is 36.9 Å². The maximum atomic E-state index is 12.8. The molecule has 3 aromatic heterocycles. The molecule has 1 saturated heterocycles. The summed E-state index contributed by atoms with van der Waals surface area (Å²) in [4.78, 5) is 27.0. The summed E-state index contributed by atoms with van der Waals surface area (Å²) in [7, 11) is 2.12. The standard InChI is InChI=1S/C26H33F3N6O2/c1-16(2)26(30,24(36)34-15-25(27,28)29)19-8-18(10-31-11-19)22-13-33-23-21(22)9-20(12-32-23)37-14-17-4-6-35(3)7-5-17/h8-13,16-17H,4-7,14-15,30H2,1-3H3,(H,32,33)(H,34,36). The summed E-state index contributed by atoms with van der Waals surface area (Å²) in [5.74, 6) is -0.264. The maximum absolute atomic E-state index is 12.8. The minimum Gasteiger partial charge on any atom is -0.492 e. The Morgan fingerprint density at radius 1 is 1.24 bits per heavy atom. The zero-order valence-corrected chi connectivity index (χ0v) is 21.2. The molecule has 0 saturated carbocycles. The SMILES string of the molecule is CC(C)C(N)(C(=O)NCC(F)(F)F)c1cncc(-c2c[nH]c3ncc(OCC4CCN(C)CC4)cc23)c1. The van der Waals surface area contributed by atoms with E-state index in [-0.39, 0.29) is 0 Å². The van der Waals surface area contributed by atoms with Crippen LogP contribution < -0.4 is 15.8 Å². The van der Waals surface area contributed by atoms with Crippen molar-refractivity contribution in [2.75, 3.05) is 33.3 Å². The van der Waals surface area contributed by atoms with Crippen LogP contribution in [0.25, 0.3) is 22.2 Å². The van der Waals surface area contributed by atoms with Crippen molar-refractivity contribution in [3.63, 3.8) is 0 Å². The predicted molar refractivity (Wildman–Crippen MR) is 135 cm³/mol. The molecule has 1 aliphatic heterocycles. The zero-order valence-electron chi connectivity index (χ0n) is 21.2. The molecule has 37 heavy (non-hydrogen) atoms. The van der Waals surface area contributed by atoms with Crippen LogP contribution >= 0.6 is 0 Å². The Morgan fingerprint density at radius 2 is 1.97 bits per heavy atom. The van der Waals surface area contributed by atoms with Gasteiger partial charge in [0, 0.05) is 40.7 Å². The Bertz CT molecular complexity index is 1240. The molecule has 8 nitrogen and oxygen atoms in total. The number of nitrogens with zero attached hydrogens (tertiary/aromatic N) is 3. The Morgan fingerprint density at radius 3 is 2.65 bits per heavy atom. The van der Waals surface area contributed by atoms with E-state index < -0.39 is 30.1 Å². The summed E-state index contributed by atoms with van der Waals surface area (Å²) in [5, 5.41) is 2.73. The van der Waals surface area contributed by atoms with Crippen molar-refractivity contribution in [3.8, 4) is 16.9 Å². The van der Waals surface area contributed by atoms with Crippen LogP contribution in [0, 0.1) is 11.8 Å². The number of aromatic nitrogens is 3. The largest absolute Gasteiger partial charge is 0.492 e. The number of H-pyrrole nitrogens is 1. The normalized spacial score (nSPS) is 17.2. The number of piperidine rings is 1. The number of likely N-dealkylation sites (tertiary alicyclic amines) is 1. The summed E-state index contributed by atoms with van der Waals surface area (Å²) in [5.41, 5.74) is 7.13. The number of pyridine rings is 2. The molecule has 11 heteroatoms. The van der Waals surface area contributed by atoms with Crippen molar-refractivity contribution < 1.29 is 22.7 Å². The minimum absolute atomic E-state index is 0.316. The molecular formula is C26H33F3N6O2. The second-order valence-corrected chi connectivity index (χ2v) is 10.1. The van der Waals surface area contributed by atoms with E-state index in [4.69, 9.17) is 10.5 Å². The second-order valence-electron chi connectivity index (χ2n) is 10.1. The Kier molecular flexibility index (Phi) is 7.75. The van der Waals surface area contributed by atoms with E-state index in [1.54, 1.807) is 38.5 Å². The maximum Gasteiger partial charge on any atom is 0.405 e. The molecule has 0 aromatic carbocycles. The van der Waals surface area contributed by atoms with E-state index >= 15 is 0 Å². The molecule has 200 valence electrons. The highest BCUT2D eigenvalue weighted by molar-refractivity contribution is 5.95. The molecule has 1 unspecified atom stereocenters. The fraction of sp³-hybridized carbons (Fsp3) is 0.500. The summed E-state index contributed by atoms with van der Waals surface area (Å²) >= 11 is 0. The van der Waals surface area contributed by atoms with Gasteiger partial charge in [0.15, 0.2) is 0 Å². The molecule has 1 aliphatic rings. The lowest BCUT2D eigenvalue weighted by Crippen LogP contribution is -2.56. The molecule has 1 amide bonds. The van der Waals surface area contributed by atoms with Gasteiger partial charge in [-0.15, -0.1) is 0 Å². The van der Waals surface area contributed by atoms with Gasteiger partial charge in [-0.2, -0.15) is 13.2 Å². The van der Waals surface area contributed by atoms with E-state index in [1.807, 2.05) is 11.4 Å². The van der Waals surface area contributed by atoms with Crippen LogP contribution in [0.3, 0.4) is 0 Å². The Hall–Kier alpha value is -3.18. The molecule has 4 heterocycles. The van der Waals surface area contributed by atoms with Crippen molar-refractivity contribution in [2.45, 2.75) is 38.4 Å². The highest BCUT2D eigenvalue weighted by Crippen LogP contribution is 2.34. The zero-order chi connectivity index (χ0) is 26.8. The molecule has 1 atom stereocenters. The number of carbonyl (C=O) groups is 1. The predicted octanol–water partition coefficient (Wildman–Crippen LogP) is 3.83. The third-order valence-electron chi connectivity index (χ3n) is 7.09. The van der Waals surface area contributed by atoms with Crippen LogP contribution in [0.4, 0.5) is 13.2 Å². The van der Waals surface area contributed by atoms with Crippen LogP contribution in [0.15, 0.2) is 36.9 Å². The number of hydrogen-bond acceptors (Lipinski definition) is 6. The first-order chi connectivity index (χ1) is 17.5. The van der Waals surface area contributed by atoms with Crippen LogP contribution in [0.2, 0.25) is 0 Å².